The summed E-state index contributed by atoms with van der Waals surface area (Å²) in [6, 6.07) is 9.09. The summed E-state index contributed by atoms with van der Waals surface area (Å²) in [5.41, 5.74) is 2.10. The number of aromatic nitrogens is 3. The quantitative estimate of drug-likeness (QED) is 0.310. The fraction of sp³-hybridized carbons (Fsp3) is 0.227. The number of ether oxygens (including phenoxy) is 2. The van der Waals surface area contributed by atoms with Gasteiger partial charge >= 0.3 is 6.18 Å². The molecule has 1 aromatic heterocycles. The van der Waals surface area contributed by atoms with Gasteiger partial charge in [0.15, 0.2) is 18.1 Å². The highest BCUT2D eigenvalue weighted by Crippen LogP contribution is 2.31. The molecule has 0 radical (unpaired) electrons. The number of nitrogens with zero attached hydrogens (tertiary/aromatic N) is 3. The monoisotopic (exact) mass is 490 g/mol. The molecule has 0 fully saturated rings. The highest BCUT2D eigenvalue weighted by molar-refractivity contribution is 5.92. The van der Waals surface area contributed by atoms with Crippen LogP contribution < -0.4 is 25.8 Å². The molecule has 35 heavy (non-hydrogen) atoms. The first-order valence-electron chi connectivity index (χ1n) is 10.2. The normalized spacial score (nSPS) is 11.3. The van der Waals surface area contributed by atoms with E-state index in [1.54, 1.807) is 25.1 Å². The molecular weight excluding hydrogens is 469 g/mol. The largest absolute Gasteiger partial charge is 0.490 e. The molecule has 1 amide bonds. The summed E-state index contributed by atoms with van der Waals surface area (Å²) in [6.45, 7) is 3.14. The van der Waals surface area contributed by atoms with Crippen molar-refractivity contribution in [1.82, 2.24) is 15.2 Å². The molecule has 0 unspecified atom stereocenters. The highest BCUT2D eigenvalue weighted by atomic mass is 19.4. The molecular formula is C22H21F3N6O4. The Hall–Kier alpha value is -4.42. The van der Waals surface area contributed by atoms with Gasteiger partial charge in [0.1, 0.15) is 5.69 Å². The zero-order chi connectivity index (χ0) is 25.4. The minimum Gasteiger partial charge on any atom is -0.490 e. The zero-order valence-electron chi connectivity index (χ0n) is 18.6. The van der Waals surface area contributed by atoms with Crippen molar-refractivity contribution in [3.63, 3.8) is 0 Å². The Morgan fingerprint density at radius 2 is 1.94 bits per heavy atom. The Balaban J connectivity index is 1.62. The van der Waals surface area contributed by atoms with Crippen molar-refractivity contribution in [2.75, 3.05) is 24.0 Å². The van der Waals surface area contributed by atoms with Crippen molar-refractivity contribution >= 4 is 23.8 Å². The molecule has 1 heterocycles. The van der Waals surface area contributed by atoms with Gasteiger partial charge in [0.25, 0.3) is 11.5 Å². The van der Waals surface area contributed by atoms with Crippen molar-refractivity contribution in [2.45, 2.75) is 20.0 Å². The molecule has 0 saturated carbocycles. The number of hydrogen-bond donors (Lipinski definition) is 3. The van der Waals surface area contributed by atoms with E-state index in [0.29, 0.717) is 17.9 Å². The van der Waals surface area contributed by atoms with Crippen molar-refractivity contribution in [3.8, 4) is 11.5 Å². The van der Waals surface area contributed by atoms with Crippen LogP contribution in [-0.4, -0.2) is 40.5 Å². The number of rotatable bonds is 9. The van der Waals surface area contributed by atoms with E-state index in [-0.39, 0.29) is 23.1 Å². The standard InChI is InChI=1S/C22H21F3N6O4/c1-3-34-18-9-14(11-26-30-21-28-20(33)13(2)29-31-21)7-8-17(18)35-12-19(32)27-16-6-4-5-15(10-16)22(23,24)25/h4-11H,3,12H2,1-2H3,(H,27,32)(H2,28,30,31,33). The molecule has 0 atom stereocenters. The van der Waals surface area contributed by atoms with Gasteiger partial charge in [-0.3, -0.25) is 14.6 Å². The first kappa shape index (κ1) is 25.2. The minimum absolute atomic E-state index is 0.00266. The molecule has 2 aromatic carbocycles. The molecule has 3 N–H and O–H groups in total. The molecule has 10 nitrogen and oxygen atoms in total. The first-order chi connectivity index (χ1) is 16.7. The molecule has 0 bridgehead atoms. The van der Waals surface area contributed by atoms with Crippen LogP contribution in [0.5, 0.6) is 11.5 Å². The number of hydrazone groups is 1. The van der Waals surface area contributed by atoms with E-state index < -0.39 is 29.8 Å². The van der Waals surface area contributed by atoms with Gasteiger partial charge in [-0.25, -0.2) is 5.43 Å². The van der Waals surface area contributed by atoms with Gasteiger partial charge in [-0.2, -0.15) is 18.3 Å². The van der Waals surface area contributed by atoms with E-state index in [1.165, 1.54) is 25.3 Å². The Morgan fingerprint density at radius 3 is 2.66 bits per heavy atom. The Labute approximate surface area is 197 Å². The molecule has 3 rings (SSSR count). The molecule has 0 saturated heterocycles. The number of nitrogens with one attached hydrogen (secondary N) is 3. The zero-order valence-corrected chi connectivity index (χ0v) is 18.6. The van der Waals surface area contributed by atoms with Crippen LogP contribution in [-0.2, 0) is 11.0 Å². The highest BCUT2D eigenvalue weighted by Gasteiger charge is 2.30. The Morgan fingerprint density at radius 1 is 1.14 bits per heavy atom. The number of amides is 1. The third-order valence-electron chi connectivity index (χ3n) is 4.34. The summed E-state index contributed by atoms with van der Waals surface area (Å²) in [5.74, 6) is 0.000153. The molecule has 0 aliphatic carbocycles. The van der Waals surface area contributed by atoms with Crippen LogP contribution in [0.1, 0.15) is 23.7 Å². The van der Waals surface area contributed by atoms with Crippen molar-refractivity contribution in [3.05, 3.63) is 69.6 Å². The van der Waals surface area contributed by atoms with Crippen LogP contribution in [0.4, 0.5) is 24.8 Å². The fourth-order valence-corrected chi connectivity index (χ4v) is 2.72. The molecule has 184 valence electrons. The second-order valence-corrected chi connectivity index (χ2v) is 7.01. The van der Waals surface area contributed by atoms with Gasteiger partial charge in [0, 0.05) is 5.69 Å². The lowest BCUT2D eigenvalue weighted by Gasteiger charge is -2.13. The number of aromatic amines is 1. The molecule has 0 aliphatic heterocycles. The summed E-state index contributed by atoms with van der Waals surface area (Å²) in [7, 11) is 0. The van der Waals surface area contributed by atoms with Gasteiger partial charge in [0.05, 0.1) is 18.4 Å². The van der Waals surface area contributed by atoms with E-state index in [4.69, 9.17) is 9.47 Å². The second-order valence-electron chi connectivity index (χ2n) is 7.01. The number of H-pyrrole nitrogens is 1. The molecule has 0 spiro atoms. The predicted molar refractivity (Wildman–Crippen MR) is 122 cm³/mol. The van der Waals surface area contributed by atoms with Gasteiger partial charge < -0.3 is 14.8 Å². The van der Waals surface area contributed by atoms with Crippen LogP contribution >= 0.6 is 0 Å². The van der Waals surface area contributed by atoms with E-state index >= 15 is 0 Å². The predicted octanol–water partition coefficient (Wildman–Crippen LogP) is 3.35. The molecule has 13 heteroatoms. The summed E-state index contributed by atoms with van der Waals surface area (Å²) < 4.78 is 49.5. The second kappa shape index (κ2) is 11.1. The van der Waals surface area contributed by atoms with Gasteiger partial charge in [-0.05, 0) is 55.8 Å². The SMILES string of the molecule is CCOc1cc(C=NNc2nnc(C)c(=O)[nH]2)ccc1OCC(=O)Nc1cccc(C(F)(F)F)c1. The Kier molecular flexibility index (Phi) is 8.02. The summed E-state index contributed by atoms with van der Waals surface area (Å²) in [4.78, 5) is 26.2. The topological polar surface area (TPSA) is 131 Å². The van der Waals surface area contributed by atoms with E-state index in [1.807, 2.05) is 0 Å². The van der Waals surface area contributed by atoms with Crippen LogP contribution in [0.3, 0.4) is 0 Å². The maximum Gasteiger partial charge on any atom is 0.416 e. The van der Waals surface area contributed by atoms with Crippen molar-refractivity contribution in [2.24, 2.45) is 5.10 Å². The van der Waals surface area contributed by atoms with Crippen LogP contribution in [0.25, 0.3) is 0 Å². The fourth-order valence-electron chi connectivity index (χ4n) is 2.72. The number of hydrogen-bond acceptors (Lipinski definition) is 8. The molecule has 0 aliphatic rings. The number of anilines is 2. The number of aryl methyl sites for hydroxylation is 1. The van der Waals surface area contributed by atoms with Gasteiger partial charge in [-0.1, -0.05) is 6.07 Å². The van der Waals surface area contributed by atoms with E-state index in [0.717, 1.165) is 12.1 Å². The maximum absolute atomic E-state index is 12.8. The summed E-state index contributed by atoms with van der Waals surface area (Å²) in [5, 5.41) is 13.8. The number of alkyl halides is 3. The molecule has 3 aromatic rings. The third-order valence-corrected chi connectivity index (χ3v) is 4.34. The smallest absolute Gasteiger partial charge is 0.416 e. The minimum atomic E-state index is -4.52. The van der Waals surface area contributed by atoms with Crippen LogP contribution in [0.15, 0.2) is 52.4 Å². The summed E-state index contributed by atoms with van der Waals surface area (Å²) in [6.07, 6.45) is -3.08. The van der Waals surface area contributed by atoms with E-state index in [2.05, 4.69) is 31.0 Å². The van der Waals surface area contributed by atoms with Gasteiger partial charge in [-0.15, -0.1) is 10.2 Å². The number of benzene rings is 2. The van der Waals surface area contributed by atoms with Crippen LogP contribution in [0, 0.1) is 6.92 Å². The van der Waals surface area contributed by atoms with E-state index in [9.17, 15) is 22.8 Å². The van der Waals surface area contributed by atoms with Crippen LogP contribution in [0.2, 0.25) is 0 Å². The number of carbonyl (C=O) groups is 1. The average molecular weight is 490 g/mol. The maximum atomic E-state index is 12.8. The Bertz CT molecular complexity index is 1280. The first-order valence-corrected chi connectivity index (χ1v) is 10.2. The van der Waals surface area contributed by atoms with Crippen molar-refractivity contribution in [1.29, 1.82) is 0 Å². The lowest BCUT2D eigenvalue weighted by atomic mass is 10.2. The average Bonchev–Trinajstić information content (AvgIpc) is 2.81. The summed E-state index contributed by atoms with van der Waals surface area (Å²) >= 11 is 0. The van der Waals surface area contributed by atoms with Gasteiger partial charge in [0.2, 0.25) is 5.95 Å². The lowest BCUT2D eigenvalue weighted by molar-refractivity contribution is -0.137. The third kappa shape index (κ3) is 7.28. The number of carbonyl (C=O) groups excluding carboxylic acids is 1. The number of halogens is 3. The lowest BCUT2D eigenvalue weighted by Crippen LogP contribution is -2.20. The van der Waals surface area contributed by atoms with Crippen molar-refractivity contribution < 1.29 is 27.4 Å².